The zero-order valence-electron chi connectivity index (χ0n) is 12.7. The van der Waals surface area contributed by atoms with Crippen LogP contribution in [0.15, 0.2) is 73.1 Å². The summed E-state index contributed by atoms with van der Waals surface area (Å²) >= 11 is 0. The fourth-order valence-electron chi connectivity index (χ4n) is 2.14. The average Bonchev–Trinajstić information content (AvgIpc) is 2.65. The lowest BCUT2D eigenvalue weighted by Crippen LogP contribution is -1.84. The van der Waals surface area contributed by atoms with Crippen molar-refractivity contribution in [3.8, 4) is 0 Å². The SMILES string of the molecule is F/C(=C\c1ccc(/C=C(\F)c2ccccn2)cc1)c1ccccn1. The minimum Gasteiger partial charge on any atom is -0.254 e. The van der Waals surface area contributed by atoms with Gasteiger partial charge in [-0.05, 0) is 47.5 Å². The van der Waals surface area contributed by atoms with Gasteiger partial charge in [-0.2, -0.15) is 0 Å². The molecule has 0 saturated heterocycles. The Morgan fingerprint density at radius 2 is 1.04 bits per heavy atom. The van der Waals surface area contributed by atoms with Gasteiger partial charge >= 0.3 is 0 Å². The minimum absolute atomic E-state index is 0.280. The second kappa shape index (κ2) is 7.42. The topological polar surface area (TPSA) is 25.8 Å². The van der Waals surface area contributed by atoms with Crippen molar-refractivity contribution in [2.45, 2.75) is 0 Å². The van der Waals surface area contributed by atoms with Gasteiger partial charge in [0.25, 0.3) is 0 Å². The van der Waals surface area contributed by atoms with E-state index in [2.05, 4.69) is 9.97 Å². The molecule has 3 aromatic rings. The van der Waals surface area contributed by atoms with E-state index >= 15 is 0 Å². The number of hydrogen-bond donors (Lipinski definition) is 0. The first kappa shape index (κ1) is 15.7. The molecule has 4 heteroatoms. The van der Waals surface area contributed by atoms with E-state index in [1.807, 2.05) is 0 Å². The largest absolute Gasteiger partial charge is 0.254 e. The number of benzene rings is 1. The fraction of sp³-hybridized carbons (Fsp3) is 0. The van der Waals surface area contributed by atoms with Crippen molar-refractivity contribution in [2.24, 2.45) is 0 Å². The molecule has 1 aromatic carbocycles. The highest BCUT2D eigenvalue weighted by Gasteiger charge is 2.03. The number of aromatic nitrogens is 2. The molecular weight excluding hydrogens is 306 g/mol. The number of rotatable bonds is 4. The van der Waals surface area contributed by atoms with Crippen LogP contribution in [-0.4, -0.2) is 9.97 Å². The molecule has 0 unspecified atom stereocenters. The molecule has 0 aliphatic rings. The molecule has 2 nitrogen and oxygen atoms in total. The molecule has 0 bridgehead atoms. The van der Waals surface area contributed by atoms with Crippen LogP contribution >= 0.6 is 0 Å². The number of halogens is 2. The summed E-state index contributed by atoms with van der Waals surface area (Å²) in [7, 11) is 0. The van der Waals surface area contributed by atoms with Crippen molar-refractivity contribution in [1.29, 1.82) is 0 Å². The highest BCUT2D eigenvalue weighted by atomic mass is 19.1. The van der Waals surface area contributed by atoms with Crippen LogP contribution in [0.4, 0.5) is 8.78 Å². The van der Waals surface area contributed by atoms with E-state index in [9.17, 15) is 8.78 Å². The summed E-state index contributed by atoms with van der Waals surface area (Å²) < 4.78 is 28.1. The van der Waals surface area contributed by atoms with Gasteiger partial charge in [0.1, 0.15) is 11.7 Å². The molecule has 0 N–H and O–H groups in total. The summed E-state index contributed by atoms with van der Waals surface area (Å²) in [4.78, 5) is 7.91. The number of hydrogen-bond acceptors (Lipinski definition) is 2. The van der Waals surface area contributed by atoms with Gasteiger partial charge in [0.05, 0.1) is 11.4 Å². The average molecular weight is 320 g/mol. The molecule has 0 aliphatic carbocycles. The molecule has 0 radical (unpaired) electrons. The second-order valence-electron chi connectivity index (χ2n) is 5.08. The van der Waals surface area contributed by atoms with Gasteiger partial charge in [0.15, 0.2) is 0 Å². The van der Waals surface area contributed by atoms with E-state index in [1.165, 1.54) is 24.5 Å². The normalized spacial score (nSPS) is 12.2. The Balaban J connectivity index is 1.79. The van der Waals surface area contributed by atoms with Crippen LogP contribution in [-0.2, 0) is 0 Å². The van der Waals surface area contributed by atoms with Crippen LogP contribution in [0.5, 0.6) is 0 Å². The van der Waals surface area contributed by atoms with E-state index < -0.39 is 11.7 Å². The third-order valence-electron chi connectivity index (χ3n) is 3.34. The molecule has 0 amide bonds. The summed E-state index contributed by atoms with van der Waals surface area (Å²) in [5.74, 6) is -0.836. The van der Waals surface area contributed by atoms with Crippen molar-refractivity contribution in [1.82, 2.24) is 9.97 Å². The van der Waals surface area contributed by atoms with Crippen molar-refractivity contribution in [3.05, 3.63) is 95.6 Å². The molecule has 3 rings (SSSR count). The maximum atomic E-state index is 14.1. The maximum Gasteiger partial charge on any atom is 0.149 e. The van der Waals surface area contributed by atoms with Crippen molar-refractivity contribution in [3.63, 3.8) is 0 Å². The van der Waals surface area contributed by atoms with Gasteiger partial charge in [-0.3, -0.25) is 9.97 Å². The smallest absolute Gasteiger partial charge is 0.149 e. The van der Waals surface area contributed by atoms with Crippen molar-refractivity contribution < 1.29 is 8.78 Å². The zero-order valence-corrected chi connectivity index (χ0v) is 12.7. The van der Waals surface area contributed by atoms with Crippen molar-refractivity contribution >= 4 is 23.8 Å². The first-order valence-electron chi connectivity index (χ1n) is 7.39. The standard InChI is InChI=1S/C20H14F2N2/c21-17(19-5-1-3-11-23-19)13-15-7-9-16(10-8-15)14-18(22)20-6-2-4-12-24-20/h1-14H/b17-13-,18-14-. The lowest BCUT2D eigenvalue weighted by Gasteiger charge is -2.00. The molecule has 0 fully saturated rings. The van der Waals surface area contributed by atoms with Crippen LogP contribution in [0.3, 0.4) is 0 Å². The van der Waals surface area contributed by atoms with Crippen LogP contribution in [0.2, 0.25) is 0 Å². The Bertz CT molecular complexity index is 781. The molecule has 0 aliphatic heterocycles. The predicted octanol–water partition coefficient (Wildman–Crippen LogP) is 5.41. The molecule has 24 heavy (non-hydrogen) atoms. The summed E-state index contributed by atoms with van der Waals surface area (Å²) in [6, 6.07) is 17.0. The molecule has 0 spiro atoms. The Hall–Kier alpha value is -3.14. The highest BCUT2D eigenvalue weighted by Crippen LogP contribution is 2.20. The van der Waals surface area contributed by atoms with Gasteiger partial charge in [-0.25, -0.2) is 8.78 Å². The summed E-state index contributed by atoms with van der Waals surface area (Å²) in [5.41, 5.74) is 1.91. The van der Waals surface area contributed by atoms with E-state index in [-0.39, 0.29) is 11.4 Å². The van der Waals surface area contributed by atoms with Gasteiger partial charge < -0.3 is 0 Å². The monoisotopic (exact) mass is 320 g/mol. The third kappa shape index (κ3) is 3.98. The lowest BCUT2D eigenvalue weighted by atomic mass is 10.1. The fourth-order valence-corrected chi connectivity index (χ4v) is 2.14. The van der Waals surface area contributed by atoms with Crippen LogP contribution < -0.4 is 0 Å². The van der Waals surface area contributed by atoms with Gasteiger partial charge in [-0.1, -0.05) is 36.4 Å². The van der Waals surface area contributed by atoms with E-state index in [0.29, 0.717) is 11.1 Å². The third-order valence-corrected chi connectivity index (χ3v) is 3.34. The van der Waals surface area contributed by atoms with E-state index in [1.54, 1.807) is 60.7 Å². The zero-order chi connectivity index (χ0) is 16.8. The molecular formula is C20H14F2N2. The molecule has 2 aromatic heterocycles. The predicted molar refractivity (Wildman–Crippen MR) is 92.9 cm³/mol. The molecule has 0 saturated carbocycles. The van der Waals surface area contributed by atoms with E-state index in [0.717, 1.165) is 0 Å². The van der Waals surface area contributed by atoms with Crippen LogP contribution in [0, 0.1) is 0 Å². The highest BCUT2D eigenvalue weighted by molar-refractivity contribution is 5.77. The van der Waals surface area contributed by atoms with Crippen molar-refractivity contribution in [2.75, 3.05) is 0 Å². The second-order valence-corrected chi connectivity index (χ2v) is 5.08. The summed E-state index contributed by atoms with van der Waals surface area (Å²) in [6.45, 7) is 0. The first-order chi connectivity index (χ1) is 11.7. The van der Waals surface area contributed by atoms with Gasteiger partial charge in [0, 0.05) is 12.4 Å². The maximum absolute atomic E-state index is 14.1. The summed E-state index contributed by atoms with van der Waals surface area (Å²) in [5, 5.41) is 0. The van der Waals surface area contributed by atoms with Crippen LogP contribution in [0.25, 0.3) is 23.8 Å². The van der Waals surface area contributed by atoms with Gasteiger partial charge in [0.2, 0.25) is 0 Å². The lowest BCUT2D eigenvalue weighted by molar-refractivity contribution is 0.757. The Morgan fingerprint density at radius 3 is 1.38 bits per heavy atom. The Labute approximate surface area is 138 Å². The molecule has 0 atom stereocenters. The first-order valence-corrected chi connectivity index (χ1v) is 7.39. The Morgan fingerprint density at radius 1 is 0.625 bits per heavy atom. The molecule has 118 valence electrons. The number of nitrogens with zero attached hydrogens (tertiary/aromatic N) is 2. The summed E-state index contributed by atoms with van der Waals surface area (Å²) in [6.07, 6.45) is 5.87. The van der Waals surface area contributed by atoms with E-state index in [4.69, 9.17) is 0 Å². The van der Waals surface area contributed by atoms with Crippen LogP contribution in [0.1, 0.15) is 22.5 Å². The number of pyridine rings is 2. The Kier molecular flexibility index (Phi) is 4.87. The molecule has 2 heterocycles. The van der Waals surface area contributed by atoms with Gasteiger partial charge in [-0.15, -0.1) is 0 Å². The minimum atomic E-state index is -0.418. The quantitative estimate of drug-likeness (QED) is 0.642.